The number of halogens is 1. The van der Waals surface area contributed by atoms with E-state index in [2.05, 4.69) is 20.3 Å². The number of thiazole rings is 1. The van der Waals surface area contributed by atoms with Crippen LogP contribution in [-0.4, -0.2) is 20.9 Å². The van der Waals surface area contributed by atoms with Crippen molar-refractivity contribution < 1.29 is 4.79 Å². The Labute approximate surface area is 112 Å². The first-order chi connectivity index (χ1) is 8.72. The van der Waals surface area contributed by atoms with Crippen molar-refractivity contribution in [3.05, 3.63) is 34.3 Å². The molecule has 3 rings (SSSR count). The molecule has 2 aromatic heterocycles. The molecule has 0 spiro atoms. The van der Waals surface area contributed by atoms with Crippen molar-refractivity contribution in [3.63, 3.8) is 0 Å². The fraction of sp³-hybridized carbons (Fsp3) is 0.273. The molecule has 0 unspecified atom stereocenters. The van der Waals surface area contributed by atoms with E-state index >= 15 is 0 Å². The van der Waals surface area contributed by atoms with Gasteiger partial charge < -0.3 is 0 Å². The van der Waals surface area contributed by atoms with Crippen LogP contribution in [0.15, 0.2) is 17.8 Å². The number of anilines is 1. The Kier molecular flexibility index (Phi) is 2.97. The van der Waals surface area contributed by atoms with Gasteiger partial charge in [-0.1, -0.05) is 11.6 Å². The molecule has 1 aliphatic carbocycles. The van der Waals surface area contributed by atoms with Gasteiger partial charge in [0.05, 0.1) is 18.1 Å². The number of carbonyl (C=O) groups excluding carboxylic acids is 1. The summed E-state index contributed by atoms with van der Waals surface area (Å²) >= 11 is 7.10. The summed E-state index contributed by atoms with van der Waals surface area (Å²) in [6, 6.07) is 0. The molecule has 1 amide bonds. The molecular weight excluding hydrogens is 272 g/mol. The fourth-order valence-electron chi connectivity index (χ4n) is 1.52. The standard InChI is InChI=1S/C11H9ClN4OS/c12-9-4-13-3-7(14-9)10(17)16-11-15-8(5-18-11)6-1-2-6/h3-6H,1-2H2,(H,15,16,17). The van der Waals surface area contributed by atoms with Gasteiger partial charge in [-0.2, -0.15) is 0 Å². The zero-order chi connectivity index (χ0) is 12.5. The number of aromatic nitrogens is 3. The Bertz CT molecular complexity index is 596. The molecule has 7 heteroatoms. The van der Waals surface area contributed by atoms with Crippen molar-refractivity contribution in [1.82, 2.24) is 15.0 Å². The minimum absolute atomic E-state index is 0.186. The van der Waals surface area contributed by atoms with Crippen LogP contribution < -0.4 is 5.32 Å². The fourth-order valence-corrected chi connectivity index (χ4v) is 2.46. The molecule has 1 saturated carbocycles. The number of amides is 1. The Balaban J connectivity index is 1.73. The van der Waals surface area contributed by atoms with E-state index < -0.39 is 0 Å². The highest BCUT2D eigenvalue weighted by Gasteiger charge is 2.26. The Morgan fingerprint density at radius 1 is 1.39 bits per heavy atom. The van der Waals surface area contributed by atoms with Crippen LogP contribution in [0.5, 0.6) is 0 Å². The molecule has 2 heterocycles. The minimum Gasteiger partial charge on any atom is -0.296 e. The molecule has 92 valence electrons. The molecule has 1 aliphatic rings. The van der Waals surface area contributed by atoms with Crippen molar-refractivity contribution in [2.45, 2.75) is 18.8 Å². The normalized spacial score (nSPS) is 14.5. The van der Waals surface area contributed by atoms with Crippen molar-refractivity contribution in [2.24, 2.45) is 0 Å². The molecule has 0 atom stereocenters. The van der Waals surface area contributed by atoms with Gasteiger partial charge in [0.2, 0.25) is 0 Å². The SMILES string of the molecule is O=C(Nc1nc(C2CC2)cs1)c1cncc(Cl)n1. The second kappa shape index (κ2) is 4.62. The first-order valence-electron chi connectivity index (χ1n) is 5.46. The van der Waals surface area contributed by atoms with Crippen LogP contribution in [0.3, 0.4) is 0 Å². The van der Waals surface area contributed by atoms with E-state index in [1.54, 1.807) is 0 Å². The van der Waals surface area contributed by atoms with E-state index in [0.717, 1.165) is 5.69 Å². The van der Waals surface area contributed by atoms with Crippen LogP contribution in [0.25, 0.3) is 0 Å². The lowest BCUT2D eigenvalue weighted by atomic mass is 10.3. The largest absolute Gasteiger partial charge is 0.296 e. The first-order valence-corrected chi connectivity index (χ1v) is 6.72. The van der Waals surface area contributed by atoms with Crippen LogP contribution in [0, 0.1) is 0 Å². The van der Waals surface area contributed by atoms with E-state index in [0.29, 0.717) is 11.0 Å². The van der Waals surface area contributed by atoms with Gasteiger partial charge >= 0.3 is 0 Å². The maximum atomic E-state index is 11.9. The van der Waals surface area contributed by atoms with E-state index in [9.17, 15) is 4.79 Å². The molecule has 0 bridgehead atoms. The summed E-state index contributed by atoms with van der Waals surface area (Å²) < 4.78 is 0. The van der Waals surface area contributed by atoms with Gasteiger partial charge in [-0.25, -0.2) is 9.97 Å². The second-order valence-corrected chi connectivity index (χ2v) is 5.28. The number of nitrogens with one attached hydrogen (secondary N) is 1. The highest BCUT2D eigenvalue weighted by atomic mass is 35.5. The van der Waals surface area contributed by atoms with E-state index in [1.807, 2.05) is 5.38 Å². The topological polar surface area (TPSA) is 67.8 Å². The number of hydrogen-bond donors (Lipinski definition) is 1. The third-order valence-electron chi connectivity index (χ3n) is 2.58. The van der Waals surface area contributed by atoms with Crippen LogP contribution in [0.4, 0.5) is 5.13 Å². The zero-order valence-corrected chi connectivity index (χ0v) is 10.8. The maximum Gasteiger partial charge on any atom is 0.277 e. The average Bonchev–Trinajstić information content (AvgIpc) is 3.11. The molecule has 0 aliphatic heterocycles. The number of nitrogens with zero attached hydrogens (tertiary/aromatic N) is 3. The third kappa shape index (κ3) is 2.49. The summed E-state index contributed by atoms with van der Waals surface area (Å²) in [4.78, 5) is 23.9. The first kappa shape index (κ1) is 11.6. The van der Waals surface area contributed by atoms with Gasteiger partial charge in [0.1, 0.15) is 10.8 Å². The maximum absolute atomic E-state index is 11.9. The predicted molar refractivity (Wildman–Crippen MR) is 69.1 cm³/mol. The number of rotatable bonds is 3. The monoisotopic (exact) mass is 280 g/mol. The second-order valence-electron chi connectivity index (χ2n) is 4.03. The number of carbonyl (C=O) groups is 1. The quantitative estimate of drug-likeness (QED) is 0.939. The van der Waals surface area contributed by atoms with Crippen LogP contribution in [0.2, 0.25) is 5.15 Å². The molecule has 18 heavy (non-hydrogen) atoms. The smallest absolute Gasteiger partial charge is 0.277 e. The van der Waals surface area contributed by atoms with Gasteiger partial charge in [-0.3, -0.25) is 15.1 Å². The van der Waals surface area contributed by atoms with Crippen molar-refractivity contribution in [1.29, 1.82) is 0 Å². The number of hydrogen-bond acceptors (Lipinski definition) is 5. The summed E-state index contributed by atoms with van der Waals surface area (Å²) in [5.74, 6) is 0.236. The van der Waals surface area contributed by atoms with Crippen LogP contribution >= 0.6 is 22.9 Å². The lowest BCUT2D eigenvalue weighted by molar-refractivity contribution is 0.102. The lowest BCUT2D eigenvalue weighted by Crippen LogP contribution is -2.13. The highest BCUT2D eigenvalue weighted by molar-refractivity contribution is 7.14. The molecule has 5 nitrogen and oxygen atoms in total. The minimum atomic E-state index is -0.346. The summed E-state index contributed by atoms with van der Waals surface area (Å²) in [6.07, 6.45) is 5.14. The molecule has 1 fully saturated rings. The summed E-state index contributed by atoms with van der Waals surface area (Å²) in [7, 11) is 0. The van der Waals surface area contributed by atoms with Crippen LogP contribution in [0.1, 0.15) is 34.9 Å². The van der Waals surface area contributed by atoms with Crippen molar-refractivity contribution >= 4 is 34.0 Å². The molecule has 0 radical (unpaired) electrons. The summed E-state index contributed by atoms with van der Waals surface area (Å²) in [5, 5.41) is 5.46. The Morgan fingerprint density at radius 3 is 2.94 bits per heavy atom. The highest BCUT2D eigenvalue weighted by Crippen LogP contribution is 2.40. The van der Waals surface area contributed by atoms with Gasteiger partial charge in [0, 0.05) is 11.3 Å². The molecular formula is C11H9ClN4OS. The van der Waals surface area contributed by atoms with Crippen molar-refractivity contribution in [2.75, 3.05) is 5.32 Å². The summed E-state index contributed by atoms with van der Waals surface area (Å²) in [5.41, 5.74) is 1.25. The van der Waals surface area contributed by atoms with E-state index in [1.165, 1.54) is 36.6 Å². The van der Waals surface area contributed by atoms with Gasteiger partial charge in [-0.15, -0.1) is 11.3 Å². The lowest BCUT2D eigenvalue weighted by Gasteiger charge is -2.00. The third-order valence-corrected chi connectivity index (χ3v) is 3.53. The Morgan fingerprint density at radius 2 is 2.22 bits per heavy atom. The molecule has 0 aromatic carbocycles. The van der Waals surface area contributed by atoms with Crippen LogP contribution in [-0.2, 0) is 0 Å². The Hall–Kier alpha value is -1.53. The van der Waals surface area contributed by atoms with Crippen molar-refractivity contribution in [3.8, 4) is 0 Å². The van der Waals surface area contributed by atoms with Gasteiger partial charge in [0.25, 0.3) is 5.91 Å². The molecule has 2 aromatic rings. The van der Waals surface area contributed by atoms with E-state index in [-0.39, 0.29) is 16.8 Å². The average molecular weight is 281 g/mol. The molecule has 0 saturated heterocycles. The van der Waals surface area contributed by atoms with Gasteiger partial charge in [-0.05, 0) is 12.8 Å². The summed E-state index contributed by atoms with van der Waals surface area (Å²) in [6.45, 7) is 0. The zero-order valence-electron chi connectivity index (χ0n) is 9.26. The predicted octanol–water partition coefficient (Wildman–Crippen LogP) is 2.72. The van der Waals surface area contributed by atoms with Gasteiger partial charge in [0.15, 0.2) is 5.13 Å². The van der Waals surface area contributed by atoms with E-state index in [4.69, 9.17) is 11.6 Å². The molecule has 1 N–H and O–H groups in total.